The number of fused-ring (bicyclic) bond motifs is 1. The van der Waals surface area contributed by atoms with Crippen molar-refractivity contribution in [2.24, 2.45) is 0 Å². The van der Waals surface area contributed by atoms with E-state index in [9.17, 15) is 9.59 Å². The summed E-state index contributed by atoms with van der Waals surface area (Å²) >= 11 is 0. The molecule has 1 heterocycles. The Labute approximate surface area is 126 Å². The van der Waals surface area contributed by atoms with Crippen molar-refractivity contribution in [1.82, 2.24) is 0 Å². The summed E-state index contributed by atoms with van der Waals surface area (Å²) in [7, 11) is 0. The number of amides is 1. The van der Waals surface area contributed by atoms with Gasteiger partial charge in [0.1, 0.15) is 5.75 Å². The molecule has 0 bridgehead atoms. The van der Waals surface area contributed by atoms with E-state index < -0.39 is 12.6 Å². The molecule has 2 aromatic rings. The minimum Gasteiger partial charge on any atom is -0.481 e. The van der Waals surface area contributed by atoms with Crippen LogP contribution in [0, 0.1) is 0 Å². The fourth-order valence-corrected chi connectivity index (χ4v) is 2.31. The summed E-state index contributed by atoms with van der Waals surface area (Å²) < 4.78 is 5.26. The minimum atomic E-state index is -1.05. The number of ether oxygens (including phenoxy) is 1. The van der Waals surface area contributed by atoms with Gasteiger partial charge in [0, 0.05) is 22.4 Å². The Hall–Kier alpha value is -3.08. The average molecular weight is 295 g/mol. The number of hydrogen-bond donors (Lipinski definition) is 2. The number of benzene rings is 2. The Morgan fingerprint density at radius 2 is 1.86 bits per heavy atom. The van der Waals surface area contributed by atoms with Gasteiger partial charge in [-0.3, -0.25) is 4.79 Å². The summed E-state index contributed by atoms with van der Waals surface area (Å²) in [6, 6.07) is 14.4. The molecule has 0 aromatic heterocycles. The number of carbonyl (C=O) groups excluding carboxylic acids is 1. The first-order chi connectivity index (χ1) is 10.6. The van der Waals surface area contributed by atoms with E-state index in [1.54, 1.807) is 30.3 Å². The van der Waals surface area contributed by atoms with Gasteiger partial charge in [-0.25, -0.2) is 4.79 Å². The second kappa shape index (κ2) is 5.73. The second-order valence-corrected chi connectivity index (χ2v) is 4.78. The first kappa shape index (κ1) is 13.9. The molecule has 1 aliphatic heterocycles. The number of carbonyl (C=O) groups is 2. The number of carboxylic acid groups (broad SMARTS) is 1. The van der Waals surface area contributed by atoms with Crippen LogP contribution in [0.5, 0.6) is 5.75 Å². The molecule has 0 fully saturated rings. The predicted octanol–water partition coefficient (Wildman–Crippen LogP) is 2.64. The molecule has 0 atom stereocenters. The van der Waals surface area contributed by atoms with Gasteiger partial charge in [0.2, 0.25) is 0 Å². The maximum atomic E-state index is 12.1. The second-order valence-electron chi connectivity index (χ2n) is 4.78. The van der Waals surface area contributed by atoms with Crippen molar-refractivity contribution >= 4 is 29.2 Å². The maximum Gasteiger partial charge on any atom is 0.341 e. The van der Waals surface area contributed by atoms with E-state index in [0.29, 0.717) is 16.9 Å². The Morgan fingerprint density at radius 1 is 1.14 bits per heavy atom. The van der Waals surface area contributed by atoms with Crippen LogP contribution >= 0.6 is 0 Å². The van der Waals surface area contributed by atoms with E-state index in [0.717, 1.165) is 11.3 Å². The molecule has 22 heavy (non-hydrogen) atoms. The lowest BCUT2D eigenvalue weighted by molar-refractivity contribution is -0.139. The normalized spacial score (nSPS) is 14.5. The number of anilines is 1. The van der Waals surface area contributed by atoms with Gasteiger partial charge in [0.25, 0.3) is 5.91 Å². The van der Waals surface area contributed by atoms with Crippen LogP contribution < -0.4 is 10.1 Å². The van der Waals surface area contributed by atoms with Crippen molar-refractivity contribution in [3.8, 4) is 5.75 Å². The molecule has 0 saturated heterocycles. The van der Waals surface area contributed by atoms with Crippen molar-refractivity contribution in [2.45, 2.75) is 0 Å². The molecule has 0 aliphatic carbocycles. The number of rotatable bonds is 4. The number of aliphatic carboxylic acids is 1. The Bertz CT molecular complexity index is 780. The third-order valence-corrected chi connectivity index (χ3v) is 3.28. The van der Waals surface area contributed by atoms with Crippen LogP contribution in [0.4, 0.5) is 5.69 Å². The van der Waals surface area contributed by atoms with E-state index in [4.69, 9.17) is 9.84 Å². The average Bonchev–Trinajstić information content (AvgIpc) is 2.82. The fourth-order valence-electron chi connectivity index (χ4n) is 2.31. The molecule has 0 saturated carbocycles. The molecule has 0 radical (unpaired) electrons. The highest BCUT2D eigenvalue weighted by molar-refractivity contribution is 6.35. The lowest BCUT2D eigenvalue weighted by Crippen LogP contribution is -2.10. The zero-order valence-corrected chi connectivity index (χ0v) is 11.6. The third kappa shape index (κ3) is 2.69. The molecule has 3 rings (SSSR count). The van der Waals surface area contributed by atoms with Crippen molar-refractivity contribution in [3.05, 3.63) is 59.7 Å². The third-order valence-electron chi connectivity index (χ3n) is 3.28. The van der Waals surface area contributed by atoms with Crippen molar-refractivity contribution in [2.75, 3.05) is 11.9 Å². The molecule has 0 spiro atoms. The molecule has 2 aromatic carbocycles. The van der Waals surface area contributed by atoms with E-state index in [-0.39, 0.29) is 5.91 Å². The van der Waals surface area contributed by atoms with Crippen molar-refractivity contribution in [3.63, 3.8) is 0 Å². The molecule has 2 N–H and O–H groups in total. The number of nitrogens with one attached hydrogen (secondary N) is 1. The first-order valence-corrected chi connectivity index (χ1v) is 6.71. The summed E-state index contributed by atoms with van der Waals surface area (Å²) in [5, 5.41) is 11.5. The van der Waals surface area contributed by atoms with E-state index in [1.165, 1.54) is 0 Å². The van der Waals surface area contributed by atoms with Gasteiger partial charge < -0.3 is 15.2 Å². The monoisotopic (exact) mass is 295 g/mol. The Balaban J connectivity index is 1.99. The summed E-state index contributed by atoms with van der Waals surface area (Å²) in [6.07, 6.45) is 1.71. The topological polar surface area (TPSA) is 75.6 Å². The van der Waals surface area contributed by atoms with Crippen molar-refractivity contribution in [1.29, 1.82) is 0 Å². The Kier molecular flexibility index (Phi) is 3.62. The lowest BCUT2D eigenvalue weighted by Gasteiger charge is -2.07. The van der Waals surface area contributed by atoms with Gasteiger partial charge in [0.15, 0.2) is 6.61 Å². The highest BCUT2D eigenvalue weighted by Gasteiger charge is 2.23. The van der Waals surface area contributed by atoms with Crippen LogP contribution in [-0.2, 0) is 9.59 Å². The molecule has 1 amide bonds. The summed E-state index contributed by atoms with van der Waals surface area (Å²) in [4.78, 5) is 22.7. The molecule has 5 nitrogen and oxygen atoms in total. The smallest absolute Gasteiger partial charge is 0.341 e. The number of para-hydroxylation sites is 2. The Morgan fingerprint density at radius 3 is 2.68 bits per heavy atom. The van der Waals surface area contributed by atoms with Gasteiger partial charge in [-0.2, -0.15) is 0 Å². The van der Waals surface area contributed by atoms with Gasteiger partial charge in [-0.15, -0.1) is 0 Å². The molecule has 110 valence electrons. The maximum absolute atomic E-state index is 12.1. The zero-order chi connectivity index (χ0) is 15.5. The van der Waals surface area contributed by atoms with Crippen LogP contribution in [0.15, 0.2) is 48.5 Å². The summed E-state index contributed by atoms with van der Waals surface area (Å²) in [5.41, 5.74) is 2.77. The summed E-state index contributed by atoms with van der Waals surface area (Å²) in [6.45, 7) is -0.428. The quantitative estimate of drug-likeness (QED) is 0.850. The van der Waals surface area contributed by atoms with Gasteiger partial charge in [-0.1, -0.05) is 36.4 Å². The molecule has 1 aliphatic rings. The SMILES string of the molecule is O=C(O)COc1ccccc1C=C1C(=O)Nc2ccccc21. The van der Waals surface area contributed by atoms with Gasteiger partial charge in [-0.05, 0) is 18.2 Å². The van der Waals surface area contributed by atoms with Crippen LogP contribution in [0.1, 0.15) is 11.1 Å². The number of hydrogen-bond acceptors (Lipinski definition) is 3. The van der Waals surface area contributed by atoms with Crippen LogP contribution in [-0.4, -0.2) is 23.6 Å². The van der Waals surface area contributed by atoms with Crippen molar-refractivity contribution < 1.29 is 19.4 Å². The molecular formula is C17H13NO4. The molecular weight excluding hydrogens is 282 g/mol. The van der Waals surface area contributed by atoms with E-state index >= 15 is 0 Å². The highest BCUT2D eigenvalue weighted by Crippen LogP contribution is 2.34. The van der Waals surface area contributed by atoms with Crippen LogP contribution in [0.25, 0.3) is 11.6 Å². The zero-order valence-electron chi connectivity index (χ0n) is 11.6. The number of carboxylic acids is 1. The predicted molar refractivity (Wildman–Crippen MR) is 82.5 cm³/mol. The highest BCUT2D eigenvalue weighted by atomic mass is 16.5. The largest absolute Gasteiger partial charge is 0.481 e. The van der Waals surface area contributed by atoms with Crippen LogP contribution in [0.3, 0.4) is 0 Å². The minimum absolute atomic E-state index is 0.186. The molecule has 5 heteroatoms. The summed E-state index contributed by atoms with van der Waals surface area (Å²) in [5.74, 6) is -0.810. The van der Waals surface area contributed by atoms with Gasteiger partial charge >= 0.3 is 5.97 Å². The molecule has 0 unspecified atom stereocenters. The van der Waals surface area contributed by atoms with E-state index in [2.05, 4.69) is 5.32 Å². The standard InChI is InChI=1S/C17H13NO4/c19-16(20)10-22-15-8-4-1-5-11(15)9-13-12-6-2-3-7-14(12)18-17(13)21/h1-9H,10H2,(H,18,21)(H,19,20). The fraction of sp³-hybridized carbons (Fsp3) is 0.0588. The van der Waals surface area contributed by atoms with Crippen LogP contribution in [0.2, 0.25) is 0 Å². The van der Waals surface area contributed by atoms with Gasteiger partial charge in [0.05, 0.1) is 0 Å². The lowest BCUT2D eigenvalue weighted by atomic mass is 10.0. The first-order valence-electron chi connectivity index (χ1n) is 6.71. The van der Waals surface area contributed by atoms with E-state index in [1.807, 2.05) is 24.3 Å².